The van der Waals surface area contributed by atoms with E-state index in [1.807, 2.05) is 75.4 Å². The van der Waals surface area contributed by atoms with E-state index in [-0.39, 0.29) is 11.5 Å². The van der Waals surface area contributed by atoms with E-state index in [1.54, 1.807) is 0 Å². The molecule has 0 fully saturated rings. The highest BCUT2D eigenvalue weighted by molar-refractivity contribution is 5.85. The zero-order chi connectivity index (χ0) is 21.3. The highest BCUT2D eigenvalue weighted by Crippen LogP contribution is 2.18. The molecule has 0 bridgehead atoms. The molecule has 2 rings (SSSR count). The van der Waals surface area contributed by atoms with Gasteiger partial charge in [-0.05, 0) is 44.0 Å². The molecule has 0 heterocycles. The number of hydrazine groups is 1. The molecular formula is C22H29N3O4. The molecule has 7 nitrogen and oxygen atoms in total. The molecule has 0 saturated heterocycles. The molecule has 156 valence electrons. The van der Waals surface area contributed by atoms with Crippen LogP contribution in [-0.4, -0.2) is 30.8 Å². The van der Waals surface area contributed by atoms with Crippen LogP contribution in [0.4, 0.5) is 4.79 Å². The molecule has 0 radical (unpaired) electrons. The second-order valence-corrected chi connectivity index (χ2v) is 7.58. The molecule has 29 heavy (non-hydrogen) atoms. The fourth-order valence-corrected chi connectivity index (χ4v) is 2.61. The lowest BCUT2D eigenvalue weighted by Gasteiger charge is -2.21. The number of ether oxygens (including phenoxy) is 2. The van der Waals surface area contributed by atoms with Crippen molar-refractivity contribution in [3.63, 3.8) is 0 Å². The molecule has 1 unspecified atom stereocenters. The van der Waals surface area contributed by atoms with Gasteiger partial charge < -0.3 is 14.8 Å². The second kappa shape index (κ2) is 10.5. The van der Waals surface area contributed by atoms with Crippen molar-refractivity contribution in [3.8, 4) is 5.75 Å². The summed E-state index contributed by atoms with van der Waals surface area (Å²) in [7, 11) is 1.26. The molecular weight excluding hydrogens is 370 g/mol. The largest absolute Gasteiger partial charge is 0.488 e. The zero-order valence-corrected chi connectivity index (χ0v) is 17.3. The fraction of sp³-hybridized carbons (Fsp3) is 0.364. The van der Waals surface area contributed by atoms with Gasteiger partial charge in [0, 0.05) is 13.0 Å². The number of rotatable bonds is 8. The first-order valence-electron chi connectivity index (χ1n) is 9.46. The Labute approximate surface area is 171 Å². The van der Waals surface area contributed by atoms with E-state index >= 15 is 0 Å². The smallest absolute Gasteiger partial charge is 0.407 e. The molecule has 2 aromatic rings. The van der Waals surface area contributed by atoms with Gasteiger partial charge in [-0.15, -0.1) is 0 Å². The van der Waals surface area contributed by atoms with Gasteiger partial charge in [-0.25, -0.2) is 10.2 Å². The Morgan fingerprint density at radius 2 is 1.62 bits per heavy atom. The van der Waals surface area contributed by atoms with E-state index in [2.05, 4.69) is 20.9 Å². The van der Waals surface area contributed by atoms with Crippen molar-refractivity contribution in [1.29, 1.82) is 0 Å². The van der Waals surface area contributed by atoms with Gasteiger partial charge in [-0.3, -0.25) is 10.2 Å². The van der Waals surface area contributed by atoms with Crippen LogP contribution in [0.2, 0.25) is 0 Å². The Balaban J connectivity index is 1.89. The summed E-state index contributed by atoms with van der Waals surface area (Å²) < 4.78 is 10.4. The van der Waals surface area contributed by atoms with Crippen LogP contribution in [0.3, 0.4) is 0 Å². The number of hydrogen-bond acceptors (Lipinski definition) is 5. The second-order valence-electron chi connectivity index (χ2n) is 7.58. The Morgan fingerprint density at radius 3 is 2.21 bits per heavy atom. The van der Waals surface area contributed by atoms with E-state index in [0.717, 1.165) is 16.9 Å². The van der Waals surface area contributed by atoms with Crippen LogP contribution >= 0.6 is 0 Å². The summed E-state index contributed by atoms with van der Waals surface area (Å²) in [4.78, 5) is 24.1. The fourth-order valence-electron chi connectivity index (χ4n) is 2.61. The van der Waals surface area contributed by atoms with Crippen molar-refractivity contribution < 1.29 is 19.1 Å². The molecule has 0 aliphatic heterocycles. The number of nitrogens with one attached hydrogen (secondary N) is 3. The van der Waals surface area contributed by atoms with Crippen molar-refractivity contribution >= 4 is 12.0 Å². The SMILES string of the molecule is COC(=O)NC(Cc1ccccc1)C(=O)NNCc1ccc(OC(C)(C)C)cc1. The van der Waals surface area contributed by atoms with Gasteiger partial charge in [-0.1, -0.05) is 42.5 Å². The van der Waals surface area contributed by atoms with E-state index in [9.17, 15) is 9.59 Å². The molecule has 3 N–H and O–H groups in total. The summed E-state index contributed by atoms with van der Waals surface area (Å²) in [5.74, 6) is 0.433. The van der Waals surface area contributed by atoms with Crippen LogP contribution in [0.1, 0.15) is 31.9 Å². The predicted octanol–water partition coefficient (Wildman–Crippen LogP) is 2.95. The average Bonchev–Trinajstić information content (AvgIpc) is 2.68. The van der Waals surface area contributed by atoms with E-state index in [4.69, 9.17) is 4.74 Å². The number of methoxy groups -OCH3 is 1. The number of carbonyl (C=O) groups excluding carboxylic acids is 2. The molecule has 2 aromatic carbocycles. The first-order chi connectivity index (χ1) is 13.8. The van der Waals surface area contributed by atoms with Crippen LogP contribution in [0.5, 0.6) is 5.75 Å². The summed E-state index contributed by atoms with van der Waals surface area (Å²) in [5, 5.41) is 2.56. The summed E-state index contributed by atoms with van der Waals surface area (Å²) in [6.07, 6.45) is -0.307. The third kappa shape index (κ3) is 8.23. The summed E-state index contributed by atoms with van der Waals surface area (Å²) in [6, 6.07) is 16.3. The zero-order valence-electron chi connectivity index (χ0n) is 17.3. The van der Waals surface area contributed by atoms with Crippen LogP contribution in [0.25, 0.3) is 0 Å². The maximum Gasteiger partial charge on any atom is 0.407 e. The van der Waals surface area contributed by atoms with Crippen molar-refractivity contribution in [1.82, 2.24) is 16.2 Å². The highest BCUT2D eigenvalue weighted by atomic mass is 16.5. The van der Waals surface area contributed by atoms with Crippen molar-refractivity contribution in [2.45, 2.75) is 45.4 Å². The summed E-state index contributed by atoms with van der Waals surface area (Å²) in [6.45, 7) is 6.41. The lowest BCUT2D eigenvalue weighted by molar-refractivity contribution is -0.124. The number of amides is 2. The quantitative estimate of drug-likeness (QED) is 0.594. The summed E-state index contributed by atoms with van der Waals surface area (Å²) in [5.41, 5.74) is 7.19. The van der Waals surface area contributed by atoms with Gasteiger partial charge in [0.1, 0.15) is 17.4 Å². The number of hydrogen-bond donors (Lipinski definition) is 3. The monoisotopic (exact) mass is 399 g/mol. The van der Waals surface area contributed by atoms with Crippen LogP contribution in [0.15, 0.2) is 54.6 Å². The minimum absolute atomic E-state index is 0.256. The predicted molar refractivity (Wildman–Crippen MR) is 111 cm³/mol. The van der Waals surface area contributed by atoms with Gasteiger partial charge >= 0.3 is 6.09 Å². The van der Waals surface area contributed by atoms with Crippen LogP contribution in [0, 0.1) is 0 Å². The third-order valence-corrected chi connectivity index (χ3v) is 3.93. The minimum atomic E-state index is -0.764. The molecule has 0 aliphatic carbocycles. The normalized spacial score (nSPS) is 12.0. The maximum absolute atomic E-state index is 12.5. The lowest BCUT2D eigenvalue weighted by Crippen LogP contribution is -2.51. The van der Waals surface area contributed by atoms with Crippen LogP contribution < -0.4 is 20.9 Å². The van der Waals surface area contributed by atoms with Gasteiger partial charge in [0.2, 0.25) is 0 Å². The molecule has 0 spiro atoms. The van der Waals surface area contributed by atoms with Crippen molar-refractivity contribution in [2.24, 2.45) is 0 Å². The standard InChI is InChI=1S/C22H29N3O4/c1-22(2,3)29-18-12-10-17(11-13-18)15-23-25-20(26)19(24-21(27)28-4)14-16-8-6-5-7-9-16/h5-13,19,23H,14-15H2,1-4H3,(H,24,27)(H,25,26). The summed E-state index contributed by atoms with van der Waals surface area (Å²) >= 11 is 0. The molecule has 0 saturated carbocycles. The van der Waals surface area contributed by atoms with Gasteiger partial charge in [0.25, 0.3) is 5.91 Å². The average molecular weight is 399 g/mol. The highest BCUT2D eigenvalue weighted by Gasteiger charge is 2.21. The Morgan fingerprint density at radius 1 is 0.966 bits per heavy atom. The number of carbonyl (C=O) groups is 2. The maximum atomic E-state index is 12.5. The molecule has 2 amide bonds. The number of alkyl carbamates (subject to hydrolysis) is 1. The topological polar surface area (TPSA) is 88.7 Å². The van der Waals surface area contributed by atoms with E-state index in [0.29, 0.717) is 13.0 Å². The third-order valence-electron chi connectivity index (χ3n) is 3.93. The first-order valence-corrected chi connectivity index (χ1v) is 9.46. The molecule has 7 heteroatoms. The number of benzene rings is 2. The van der Waals surface area contributed by atoms with Gasteiger partial charge in [0.15, 0.2) is 0 Å². The van der Waals surface area contributed by atoms with Crippen LogP contribution in [-0.2, 0) is 22.5 Å². The Hall–Kier alpha value is -3.06. The van der Waals surface area contributed by atoms with Gasteiger partial charge in [-0.2, -0.15) is 0 Å². The molecule has 0 aromatic heterocycles. The lowest BCUT2D eigenvalue weighted by atomic mass is 10.1. The van der Waals surface area contributed by atoms with E-state index in [1.165, 1.54) is 7.11 Å². The van der Waals surface area contributed by atoms with E-state index < -0.39 is 12.1 Å². The molecule has 1 atom stereocenters. The van der Waals surface area contributed by atoms with Crippen molar-refractivity contribution in [3.05, 3.63) is 65.7 Å². The molecule has 0 aliphatic rings. The first kappa shape index (κ1) is 22.2. The minimum Gasteiger partial charge on any atom is -0.488 e. The van der Waals surface area contributed by atoms with Crippen molar-refractivity contribution in [2.75, 3.05) is 7.11 Å². The van der Waals surface area contributed by atoms with Gasteiger partial charge in [0.05, 0.1) is 7.11 Å². The Kier molecular flexibility index (Phi) is 8.03. The Bertz CT molecular complexity index is 786.